The smallest absolute Gasteiger partial charge is 0.0407 e. The highest BCUT2D eigenvalue weighted by atomic mass is 35.5. The normalized spacial score (nSPS) is 21.5. The number of nitrogens with one attached hydrogen (secondary N) is 1. The van der Waals surface area contributed by atoms with E-state index in [1.165, 1.54) is 39.0 Å². The first-order chi connectivity index (χ1) is 9.31. The van der Waals surface area contributed by atoms with Crippen molar-refractivity contribution in [3.8, 4) is 0 Å². The number of piperazine rings is 1. The monoisotopic (exact) mass is 279 g/mol. The molecule has 0 spiro atoms. The van der Waals surface area contributed by atoms with Crippen molar-refractivity contribution in [3.05, 3.63) is 29.3 Å². The summed E-state index contributed by atoms with van der Waals surface area (Å²) in [6, 6.07) is 8.85. The second kappa shape index (κ2) is 6.12. The first-order valence-electron chi connectivity index (χ1n) is 7.27. The first kappa shape index (κ1) is 13.2. The molecule has 3 rings (SSSR count). The minimum Gasteiger partial charge on any atom is -0.384 e. The van der Waals surface area contributed by atoms with Gasteiger partial charge < -0.3 is 5.32 Å². The van der Waals surface area contributed by atoms with E-state index in [2.05, 4.69) is 15.1 Å². The van der Waals surface area contributed by atoms with E-state index in [1.54, 1.807) is 0 Å². The summed E-state index contributed by atoms with van der Waals surface area (Å²) in [5.74, 6) is 0. The molecule has 0 aromatic heterocycles. The van der Waals surface area contributed by atoms with Gasteiger partial charge in [-0.2, -0.15) is 0 Å². The lowest BCUT2D eigenvalue weighted by molar-refractivity contribution is 0.130. The van der Waals surface area contributed by atoms with E-state index >= 15 is 0 Å². The van der Waals surface area contributed by atoms with Gasteiger partial charge in [0.1, 0.15) is 0 Å². The zero-order valence-corrected chi connectivity index (χ0v) is 12.1. The molecule has 1 saturated carbocycles. The Morgan fingerprint density at radius 1 is 1.05 bits per heavy atom. The van der Waals surface area contributed by atoms with Crippen LogP contribution in [0, 0.1) is 0 Å². The quantitative estimate of drug-likeness (QED) is 0.894. The summed E-state index contributed by atoms with van der Waals surface area (Å²) in [6.45, 7) is 7.08. The number of benzene rings is 1. The highest BCUT2D eigenvalue weighted by molar-refractivity contribution is 6.30. The second-order valence-corrected chi connectivity index (χ2v) is 5.98. The number of hydrogen-bond donors (Lipinski definition) is 1. The van der Waals surface area contributed by atoms with Gasteiger partial charge in [0.25, 0.3) is 0 Å². The van der Waals surface area contributed by atoms with Gasteiger partial charge in [-0.25, -0.2) is 0 Å². The Labute approximate surface area is 120 Å². The molecule has 1 heterocycles. The summed E-state index contributed by atoms with van der Waals surface area (Å²) in [4.78, 5) is 5.21. The number of rotatable bonds is 5. The maximum atomic E-state index is 5.87. The molecule has 3 nitrogen and oxygen atoms in total. The molecule has 1 aromatic rings. The van der Waals surface area contributed by atoms with Crippen molar-refractivity contribution in [2.75, 3.05) is 44.6 Å². The number of nitrogens with zero attached hydrogens (tertiary/aromatic N) is 2. The van der Waals surface area contributed by atoms with Gasteiger partial charge in [-0.05, 0) is 37.1 Å². The molecule has 1 aliphatic carbocycles. The molecule has 19 heavy (non-hydrogen) atoms. The molecule has 0 amide bonds. The van der Waals surface area contributed by atoms with Crippen LogP contribution in [-0.2, 0) is 0 Å². The summed E-state index contributed by atoms with van der Waals surface area (Å²) < 4.78 is 0. The van der Waals surface area contributed by atoms with Gasteiger partial charge in [-0.15, -0.1) is 0 Å². The molecule has 1 saturated heterocycles. The van der Waals surface area contributed by atoms with Crippen LogP contribution in [0.3, 0.4) is 0 Å². The fraction of sp³-hybridized carbons (Fsp3) is 0.600. The van der Waals surface area contributed by atoms with Crippen LogP contribution in [-0.4, -0.2) is 55.1 Å². The van der Waals surface area contributed by atoms with E-state index in [9.17, 15) is 0 Å². The molecule has 4 heteroatoms. The topological polar surface area (TPSA) is 18.5 Å². The minimum absolute atomic E-state index is 0.793. The third kappa shape index (κ3) is 3.85. The van der Waals surface area contributed by atoms with Crippen LogP contribution < -0.4 is 5.32 Å². The summed E-state index contributed by atoms with van der Waals surface area (Å²) in [5, 5.41) is 4.24. The molecular weight excluding hydrogens is 258 g/mol. The Kier molecular flexibility index (Phi) is 4.26. The van der Waals surface area contributed by atoms with Crippen molar-refractivity contribution in [2.45, 2.75) is 18.9 Å². The van der Waals surface area contributed by atoms with Crippen LogP contribution in [0.15, 0.2) is 24.3 Å². The van der Waals surface area contributed by atoms with Crippen molar-refractivity contribution in [1.29, 1.82) is 0 Å². The van der Waals surface area contributed by atoms with E-state index in [4.69, 9.17) is 11.6 Å². The van der Waals surface area contributed by atoms with Crippen molar-refractivity contribution in [1.82, 2.24) is 9.80 Å². The van der Waals surface area contributed by atoms with Crippen molar-refractivity contribution < 1.29 is 0 Å². The number of hydrogen-bond acceptors (Lipinski definition) is 3. The average Bonchev–Trinajstić information content (AvgIpc) is 3.26. The highest BCUT2D eigenvalue weighted by Gasteiger charge is 2.30. The number of halogens is 1. The molecule has 2 aliphatic rings. The van der Waals surface area contributed by atoms with Crippen molar-refractivity contribution >= 4 is 17.3 Å². The number of anilines is 1. The predicted octanol–water partition coefficient (Wildman–Crippen LogP) is 2.53. The SMILES string of the molecule is Clc1ccc(NCCN2CCN(C3CC3)CC2)cc1. The molecule has 1 aromatic carbocycles. The van der Waals surface area contributed by atoms with Gasteiger partial charge in [0.2, 0.25) is 0 Å². The molecule has 2 fully saturated rings. The van der Waals surface area contributed by atoms with E-state index < -0.39 is 0 Å². The molecule has 104 valence electrons. The summed E-state index contributed by atoms with van der Waals surface area (Å²) >= 11 is 5.87. The van der Waals surface area contributed by atoms with Gasteiger partial charge in [-0.3, -0.25) is 9.80 Å². The Bertz CT molecular complexity index is 394. The predicted molar refractivity (Wildman–Crippen MR) is 81.0 cm³/mol. The van der Waals surface area contributed by atoms with E-state index in [1.807, 2.05) is 24.3 Å². The zero-order chi connectivity index (χ0) is 13.1. The summed E-state index contributed by atoms with van der Waals surface area (Å²) in [7, 11) is 0. The van der Waals surface area contributed by atoms with Gasteiger partial charge in [0.15, 0.2) is 0 Å². The van der Waals surface area contributed by atoms with Gasteiger partial charge in [-0.1, -0.05) is 11.6 Å². The second-order valence-electron chi connectivity index (χ2n) is 5.54. The van der Waals surface area contributed by atoms with Crippen LogP contribution in [0.4, 0.5) is 5.69 Å². The largest absolute Gasteiger partial charge is 0.384 e. The maximum absolute atomic E-state index is 5.87. The summed E-state index contributed by atoms with van der Waals surface area (Å²) in [5.41, 5.74) is 1.15. The fourth-order valence-electron chi connectivity index (χ4n) is 2.72. The van der Waals surface area contributed by atoms with Crippen LogP contribution in [0.5, 0.6) is 0 Å². The first-order valence-corrected chi connectivity index (χ1v) is 7.65. The van der Waals surface area contributed by atoms with Crippen molar-refractivity contribution in [3.63, 3.8) is 0 Å². The average molecular weight is 280 g/mol. The van der Waals surface area contributed by atoms with Crippen LogP contribution in [0.1, 0.15) is 12.8 Å². The molecule has 1 N–H and O–H groups in total. The van der Waals surface area contributed by atoms with E-state index in [0.29, 0.717) is 0 Å². The molecule has 0 radical (unpaired) electrons. The summed E-state index contributed by atoms with van der Waals surface area (Å²) in [6.07, 6.45) is 2.86. The Hall–Kier alpha value is -0.770. The maximum Gasteiger partial charge on any atom is 0.0407 e. The van der Waals surface area contributed by atoms with Crippen LogP contribution in [0.2, 0.25) is 5.02 Å². The van der Waals surface area contributed by atoms with Gasteiger partial charge in [0, 0.05) is 56.0 Å². The molecule has 0 bridgehead atoms. The van der Waals surface area contributed by atoms with E-state index in [-0.39, 0.29) is 0 Å². The Balaban J connectivity index is 1.35. The van der Waals surface area contributed by atoms with Crippen molar-refractivity contribution in [2.24, 2.45) is 0 Å². The van der Waals surface area contributed by atoms with Crippen LogP contribution in [0.25, 0.3) is 0 Å². The lowest BCUT2D eigenvalue weighted by Crippen LogP contribution is -2.48. The lowest BCUT2D eigenvalue weighted by atomic mass is 10.3. The Morgan fingerprint density at radius 3 is 2.37 bits per heavy atom. The standard InChI is InChI=1S/C15H22ClN3/c16-13-1-3-14(4-2-13)17-7-8-18-9-11-19(12-10-18)15-5-6-15/h1-4,15,17H,5-12H2. The zero-order valence-electron chi connectivity index (χ0n) is 11.3. The minimum atomic E-state index is 0.793. The van der Waals surface area contributed by atoms with Gasteiger partial charge in [0.05, 0.1) is 0 Å². The fourth-order valence-corrected chi connectivity index (χ4v) is 2.84. The molecule has 0 unspecified atom stereocenters. The third-order valence-corrected chi connectivity index (χ3v) is 4.32. The molecule has 0 atom stereocenters. The molecular formula is C15H22ClN3. The van der Waals surface area contributed by atoms with Crippen LogP contribution >= 0.6 is 11.6 Å². The van der Waals surface area contributed by atoms with E-state index in [0.717, 1.165) is 29.8 Å². The lowest BCUT2D eigenvalue weighted by Gasteiger charge is -2.34. The highest BCUT2D eigenvalue weighted by Crippen LogP contribution is 2.27. The molecule has 1 aliphatic heterocycles. The van der Waals surface area contributed by atoms with Gasteiger partial charge >= 0.3 is 0 Å². The Morgan fingerprint density at radius 2 is 1.74 bits per heavy atom. The third-order valence-electron chi connectivity index (χ3n) is 4.07.